The second kappa shape index (κ2) is 7.78. The molecule has 13 heteroatoms. The van der Waals surface area contributed by atoms with Crippen LogP contribution < -0.4 is 0 Å². The molecule has 1 aliphatic heterocycles. The summed E-state index contributed by atoms with van der Waals surface area (Å²) in [6.45, 7) is 0. The number of halogens is 10. The van der Waals surface area contributed by atoms with Gasteiger partial charge in [0.2, 0.25) is 0 Å². The van der Waals surface area contributed by atoms with E-state index >= 15 is 0 Å². The molecule has 0 N–H and O–H groups in total. The van der Waals surface area contributed by atoms with Crippen molar-refractivity contribution in [3.8, 4) is 0 Å². The van der Waals surface area contributed by atoms with Crippen LogP contribution in [0.4, 0.5) is 39.5 Å². The first-order valence-corrected chi connectivity index (χ1v) is 9.79. The van der Waals surface area contributed by atoms with Crippen LogP contribution >= 0.6 is 11.6 Å². The zero-order chi connectivity index (χ0) is 24.3. The van der Waals surface area contributed by atoms with Crippen LogP contribution in [0, 0.1) is 5.92 Å². The lowest BCUT2D eigenvalue weighted by atomic mass is 9.88. The van der Waals surface area contributed by atoms with Gasteiger partial charge in [-0.2, -0.15) is 39.5 Å². The van der Waals surface area contributed by atoms with Crippen LogP contribution in [0.3, 0.4) is 0 Å². The van der Waals surface area contributed by atoms with Gasteiger partial charge < -0.3 is 4.84 Å². The molecule has 3 nitrogen and oxygen atoms in total. The molecule has 1 fully saturated rings. The molecule has 1 aliphatic carbocycles. The molecule has 0 amide bonds. The average Bonchev–Trinajstić information content (AvgIpc) is 3.28. The summed E-state index contributed by atoms with van der Waals surface area (Å²) < 4.78 is 118. The van der Waals surface area contributed by atoms with E-state index < -0.39 is 53.3 Å². The highest BCUT2D eigenvalue weighted by molar-refractivity contribution is 6.31. The summed E-state index contributed by atoms with van der Waals surface area (Å²) in [4.78, 5) is 8.46. The van der Waals surface area contributed by atoms with Crippen LogP contribution in [0.15, 0.2) is 35.6 Å². The Kier molecular flexibility index (Phi) is 5.58. The number of hydrogen-bond donors (Lipinski definition) is 0. The number of hydrogen-bond acceptors (Lipinski definition) is 3. The average molecular weight is 503 g/mol. The van der Waals surface area contributed by atoms with E-state index in [1.54, 1.807) is 0 Å². The maximum absolute atomic E-state index is 13.2. The van der Waals surface area contributed by atoms with E-state index in [-0.39, 0.29) is 40.8 Å². The van der Waals surface area contributed by atoms with E-state index in [0.29, 0.717) is 12.1 Å². The molecule has 33 heavy (non-hydrogen) atoms. The highest BCUT2D eigenvalue weighted by Crippen LogP contribution is 2.50. The molecule has 3 atom stereocenters. The van der Waals surface area contributed by atoms with Gasteiger partial charge in [0.15, 0.2) is 6.10 Å². The quantitative estimate of drug-likeness (QED) is 0.401. The summed E-state index contributed by atoms with van der Waals surface area (Å²) in [5.74, 6) is -1.47. The molecule has 0 radical (unpaired) electrons. The SMILES string of the molecule is FC(F)(F)c1cc(C2ON=C3[C@H](c4cc(C(F)(F)F)ncc4Cl)CC[C@H]32)cc(C(F)(F)F)c1. The first-order valence-electron chi connectivity index (χ1n) is 9.42. The third-order valence-corrected chi connectivity index (χ3v) is 5.95. The predicted molar refractivity (Wildman–Crippen MR) is 97.4 cm³/mol. The number of fused-ring (bicyclic) bond motifs is 1. The first-order chi connectivity index (χ1) is 15.2. The summed E-state index contributed by atoms with van der Waals surface area (Å²) in [5.41, 5.74) is -4.28. The van der Waals surface area contributed by atoms with Crippen LogP contribution in [-0.2, 0) is 23.4 Å². The molecular weight excluding hydrogens is 491 g/mol. The normalized spacial score (nSPS) is 23.3. The standard InChI is InChI=1S/C20H12ClF9N2O/c21-14-7-31-15(20(28,29)30)6-13(14)11-1-2-12-16(11)32-33-17(12)8-3-9(18(22,23)24)5-10(4-8)19(25,26)27/h3-7,11-12,17H,1-2H2/t11-,12+,17?/m0/s1. The Labute approximate surface area is 185 Å². The highest BCUT2D eigenvalue weighted by Gasteiger charge is 2.47. The molecule has 0 bridgehead atoms. The van der Waals surface area contributed by atoms with E-state index in [9.17, 15) is 39.5 Å². The minimum absolute atomic E-state index is 0.00702. The molecule has 1 unspecified atom stereocenters. The fraction of sp³-hybridized carbons (Fsp3) is 0.400. The minimum Gasteiger partial charge on any atom is -0.387 e. The molecule has 2 heterocycles. The third kappa shape index (κ3) is 4.49. The molecular formula is C20H12ClF9N2O. The highest BCUT2D eigenvalue weighted by atomic mass is 35.5. The Morgan fingerprint density at radius 2 is 1.42 bits per heavy atom. The summed E-state index contributed by atoms with van der Waals surface area (Å²) in [5, 5.41) is 3.75. The topological polar surface area (TPSA) is 34.5 Å². The van der Waals surface area contributed by atoms with Crippen molar-refractivity contribution in [1.29, 1.82) is 0 Å². The van der Waals surface area contributed by atoms with E-state index in [4.69, 9.17) is 16.4 Å². The van der Waals surface area contributed by atoms with Crippen molar-refractivity contribution in [2.24, 2.45) is 11.1 Å². The fourth-order valence-electron chi connectivity index (χ4n) is 4.16. The molecule has 1 aromatic heterocycles. The van der Waals surface area contributed by atoms with E-state index in [1.165, 1.54) is 0 Å². The van der Waals surface area contributed by atoms with Crippen molar-refractivity contribution in [3.05, 3.63) is 63.4 Å². The van der Waals surface area contributed by atoms with Gasteiger partial charge in [-0.25, -0.2) is 0 Å². The smallest absolute Gasteiger partial charge is 0.387 e. The van der Waals surface area contributed by atoms with Gasteiger partial charge >= 0.3 is 18.5 Å². The molecule has 2 aliphatic rings. The lowest BCUT2D eigenvalue weighted by molar-refractivity contribution is -0.143. The molecule has 0 saturated heterocycles. The molecule has 178 valence electrons. The van der Waals surface area contributed by atoms with Crippen LogP contribution in [0.5, 0.6) is 0 Å². The van der Waals surface area contributed by atoms with Gasteiger partial charge in [0.05, 0.1) is 21.9 Å². The Bertz CT molecular complexity index is 1080. The summed E-state index contributed by atoms with van der Waals surface area (Å²) in [6.07, 6.45) is -14.8. The predicted octanol–water partition coefficient (Wildman–Crippen LogP) is 7.41. The van der Waals surface area contributed by atoms with Crippen molar-refractivity contribution in [2.75, 3.05) is 0 Å². The van der Waals surface area contributed by atoms with Crippen LogP contribution in [0.2, 0.25) is 5.02 Å². The Hall–Kier alpha value is -2.50. The van der Waals surface area contributed by atoms with E-state index in [1.807, 2.05) is 0 Å². The monoisotopic (exact) mass is 502 g/mol. The lowest BCUT2D eigenvalue weighted by Crippen LogP contribution is -2.18. The number of nitrogens with zero attached hydrogens (tertiary/aromatic N) is 2. The second-order valence-electron chi connectivity index (χ2n) is 7.71. The van der Waals surface area contributed by atoms with Crippen LogP contribution in [0.25, 0.3) is 0 Å². The zero-order valence-electron chi connectivity index (χ0n) is 16.1. The number of rotatable bonds is 2. The van der Waals surface area contributed by atoms with Gasteiger partial charge in [-0.3, -0.25) is 4.98 Å². The summed E-state index contributed by atoms with van der Waals surface area (Å²) in [6, 6.07) is 1.89. The molecule has 2 aromatic rings. The van der Waals surface area contributed by atoms with Crippen molar-refractivity contribution in [3.63, 3.8) is 0 Å². The van der Waals surface area contributed by atoms with Gasteiger partial charge in [-0.15, -0.1) is 0 Å². The van der Waals surface area contributed by atoms with Gasteiger partial charge in [-0.05, 0) is 48.2 Å². The molecule has 4 rings (SSSR count). The van der Waals surface area contributed by atoms with Crippen molar-refractivity contribution in [2.45, 2.75) is 43.4 Å². The van der Waals surface area contributed by atoms with Gasteiger partial charge in [0, 0.05) is 18.0 Å². The van der Waals surface area contributed by atoms with Gasteiger partial charge in [0.1, 0.15) is 5.69 Å². The van der Waals surface area contributed by atoms with Crippen molar-refractivity contribution < 1.29 is 44.4 Å². The third-order valence-electron chi connectivity index (χ3n) is 5.63. The zero-order valence-corrected chi connectivity index (χ0v) is 16.9. The van der Waals surface area contributed by atoms with Crippen LogP contribution in [0.1, 0.15) is 52.8 Å². The largest absolute Gasteiger partial charge is 0.433 e. The lowest BCUT2D eigenvalue weighted by Gasteiger charge is -2.19. The number of aromatic nitrogens is 1. The Morgan fingerprint density at radius 1 is 0.818 bits per heavy atom. The number of alkyl halides is 9. The molecule has 1 saturated carbocycles. The first kappa shape index (κ1) is 23.7. The summed E-state index contributed by atoms with van der Waals surface area (Å²) >= 11 is 6.04. The Morgan fingerprint density at radius 3 is 1.97 bits per heavy atom. The number of benzene rings is 1. The van der Waals surface area contributed by atoms with Crippen LogP contribution in [-0.4, -0.2) is 10.7 Å². The maximum atomic E-state index is 13.2. The van der Waals surface area contributed by atoms with E-state index in [2.05, 4.69) is 10.1 Å². The van der Waals surface area contributed by atoms with Crippen molar-refractivity contribution >= 4 is 17.3 Å². The summed E-state index contributed by atoms with van der Waals surface area (Å²) in [7, 11) is 0. The second-order valence-corrected chi connectivity index (χ2v) is 8.11. The number of pyridine rings is 1. The minimum atomic E-state index is -5.03. The van der Waals surface area contributed by atoms with Gasteiger partial charge in [0.25, 0.3) is 0 Å². The number of oxime groups is 1. The van der Waals surface area contributed by atoms with Gasteiger partial charge in [-0.1, -0.05) is 16.8 Å². The maximum Gasteiger partial charge on any atom is 0.433 e. The fourth-order valence-corrected chi connectivity index (χ4v) is 4.39. The molecule has 1 aromatic carbocycles. The molecule has 0 spiro atoms. The van der Waals surface area contributed by atoms with E-state index in [0.717, 1.165) is 12.3 Å². The van der Waals surface area contributed by atoms with Crippen molar-refractivity contribution in [1.82, 2.24) is 4.98 Å². The Balaban J connectivity index is 1.69.